The maximum absolute atomic E-state index is 13.4. The summed E-state index contributed by atoms with van der Waals surface area (Å²) in [5.74, 6) is 2.46. The van der Waals surface area contributed by atoms with E-state index in [9.17, 15) is 29.3 Å². The van der Waals surface area contributed by atoms with Gasteiger partial charge < -0.3 is 42.8 Å². The van der Waals surface area contributed by atoms with E-state index in [2.05, 4.69) is 25.0 Å². The minimum atomic E-state index is -0.402. The summed E-state index contributed by atoms with van der Waals surface area (Å²) < 4.78 is 47.5. The summed E-state index contributed by atoms with van der Waals surface area (Å²) in [7, 11) is 0. The van der Waals surface area contributed by atoms with Gasteiger partial charge in [0.05, 0.1) is 72.3 Å². The third-order valence-electron chi connectivity index (χ3n) is 15.1. The molecular weight excluding hydrogens is 1080 g/mol. The average molecular weight is 1160 g/mol. The number of carbonyl (C=O) groups excluding carboxylic acids is 4. The van der Waals surface area contributed by atoms with Gasteiger partial charge in [-0.2, -0.15) is 0 Å². The number of unbranched alkanes of at least 4 members (excludes halogenated alkanes) is 9. The van der Waals surface area contributed by atoms with Crippen molar-refractivity contribution in [3.05, 3.63) is 120 Å². The molecule has 2 aliphatic rings. The van der Waals surface area contributed by atoms with E-state index in [1.54, 1.807) is 36.4 Å². The summed E-state index contributed by atoms with van der Waals surface area (Å²) in [6, 6.07) is 24.9. The van der Waals surface area contributed by atoms with Crippen molar-refractivity contribution in [2.45, 2.75) is 135 Å². The highest BCUT2D eigenvalue weighted by Gasteiger charge is 2.31. The topological polar surface area (TPSA) is 201 Å². The largest absolute Gasteiger partial charge is 0.494 e. The van der Waals surface area contributed by atoms with E-state index in [1.807, 2.05) is 42.5 Å². The molecule has 0 amide bonds. The lowest BCUT2D eigenvalue weighted by atomic mass is 9.82. The van der Waals surface area contributed by atoms with E-state index in [-0.39, 0.29) is 46.2 Å². The van der Waals surface area contributed by atoms with E-state index in [0.717, 1.165) is 113 Å². The highest BCUT2D eigenvalue weighted by molar-refractivity contribution is 7.22. The van der Waals surface area contributed by atoms with Crippen molar-refractivity contribution < 1.29 is 62.0 Å². The van der Waals surface area contributed by atoms with Crippen LogP contribution in [0.4, 0.5) is 16.5 Å². The summed E-state index contributed by atoms with van der Waals surface area (Å²) in [6.45, 7) is 12.4. The molecule has 83 heavy (non-hydrogen) atoms. The zero-order valence-corrected chi connectivity index (χ0v) is 48.8. The lowest BCUT2D eigenvalue weighted by molar-refractivity contribution is -0.384. The number of thiazole rings is 1. The Hall–Kier alpha value is -7.47. The van der Waals surface area contributed by atoms with Crippen molar-refractivity contribution in [2.75, 3.05) is 51.1 Å². The van der Waals surface area contributed by atoms with E-state index >= 15 is 0 Å². The van der Waals surface area contributed by atoms with Gasteiger partial charge in [0.2, 0.25) is 0 Å². The quantitative estimate of drug-likeness (QED) is 0.00914. The van der Waals surface area contributed by atoms with Crippen molar-refractivity contribution in [2.24, 2.45) is 23.7 Å². The number of benzene rings is 4. The van der Waals surface area contributed by atoms with E-state index in [1.165, 1.54) is 29.6 Å². The first-order valence-electron chi connectivity index (χ1n) is 29.7. The summed E-state index contributed by atoms with van der Waals surface area (Å²) in [6.07, 6.45) is 19.5. The molecule has 7 rings (SSSR count). The summed E-state index contributed by atoms with van der Waals surface area (Å²) >= 11 is 1.41. The molecule has 4 aromatic carbocycles. The Morgan fingerprint density at radius 3 is 1.57 bits per heavy atom. The molecule has 1 aromatic heterocycles. The van der Waals surface area contributed by atoms with Gasteiger partial charge in [0.25, 0.3) is 5.69 Å². The molecular formula is C65H81N3O14S. The Kier molecular flexibility index (Phi) is 26.0. The smallest absolute Gasteiger partial charge is 0.330 e. The van der Waals surface area contributed by atoms with E-state index in [4.69, 9.17) is 42.9 Å². The maximum Gasteiger partial charge on any atom is 0.330 e. The van der Waals surface area contributed by atoms with Crippen LogP contribution in [-0.4, -0.2) is 80.0 Å². The number of hydrogen-bond acceptors (Lipinski definition) is 17. The standard InChI is InChI=1S/C65H81N3O14S/c1-4-7-8-13-38-67(65-66-57-36-26-51(68(73)74)43-60(57)83-65)58-44-56(79-45-47-18-22-49(23-19-47)63(71)81-54-31-27-52(28-32-54)75-39-14-9-11-16-41-77-61(69)5-2)35-37-59(58)80-46-48-20-24-50(25-21-48)64(72)82-55-33-29-53(30-34-55)76-40-15-10-12-17-42-78-62(70)6-3/h5-6,26-37,43-44,47-50H,2-4,7-25,38-42,45-46H2,1H3. The van der Waals surface area contributed by atoms with Crippen LogP contribution in [0.1, 0.15) is 135 Å². The van der Waals surface area contributed by atoms with Crippen LogP contribution in [0, 0.1) is 33.8 Å². The van der Waals surface area contributed by atoms with Gasteiger partial charge in [0.15, 0.2) is 5.13 Å². The Bertz CT molecular complexity index is 2860. The van der Waals surface area contributed by atoms with Crippen molar-refractivity contribution in [1.82, 2.24) is 4.98 Å². The minimum absolute atomic E-state index is 0.0116. The normalized spacial score (nSPS) is 16.7. The lowest BCUT2D eigenvalue weighted by Crippen LogP contribution is -2.28. The fourth-order valence-electron chi connectivity index (χ4n) is 10.2. The first-order chi connectivity index (χ1) is 40.5. The van der Waals surface area contributed by atoms with Crippen LogP contribution in [0.5, 0.6) is 34.5 Å². The number of fused-ring (bicyclic) bond motifs is 1. The highest BCUT2D eigenvalue weighted by atomic mass is 32.1. The SMILES string of the molecule is C=CC(=O)OCCCCCCOc1ccc(OC(=O)C2CCC(COc3ccc(OCC4CCC(C(=O)Oc5ccc(OCCCCCCOC(=O)C=C)cc5)CC4)c(N(CCCCCC)c4nc5ccc([N+](=O)[O-])cc5s4)c3)CC2)cc1. The summed E-state index contributed by atoms with van der Waals surface area (Å²) in [5, 5.41) is 12.5. The molecule has 0 aliphatic heterocycles. The third-order valence-corrected chi connectivity index (χ3v) is 16.1. The van der Waals surface area contributed by atoms with Gasteiger partial charge in [0, 0.05) is 36.9 Å². The Morgan fingerprint density at radius 2 is 1.06 bits per heavy atom. The van der Waals surface area contributed by atoms with Crippen LogP contribution >= 0.6 is 11.3 Å². The molecule has 0 bridgehead atoms. The van der Waals surface area contributed by atoms with Crippen LogP contribution in [0.3, 0.4) is 0 Å². The number of nitro benzene ring substituents is 1. The van der Waals surface area contributed by atoms with E-state index < -0.39 is 11.9 Å². The number of anilines is 2. The summed E-state index contributed by atoms with van der Waals surface area (Å²) in [4.78, 5) is 67.5. The van der Waals surface area contributed by atoms with Gasteiger partial charge in [-0.3, -0.25) is 19.7 Å². The number of rotatable bonds is 36. The molecule has 0 radical (unpaired) electrons. The maximum atomic E-state index is 13.4. The zero-order valence-electron chi connectivity index (χ0n) is 48.0. The van der Waals surface area contributed by atoms with Gasteiger partial charge in [-0.1, -0.05) is 50.7 Å². The Balaban J connectivity index is 0.909. The Morgan fingerprint density at radius 1 is 0.578 bits per heavy atom. The first-order valence-corrected chi connectivity index (χ1v) is 30.5. The minimum Gasteiger partial charge on any atom is -0.494 e. The molecule has 2 saturated carbocycles. The van der Waals surface area contributed by atoms with Crippen molar-refractivity contribution in [1.29, 1.82) is 0 Å². The number of aromatic nitrogens is 1. The molecule has 1 heterocycles. The molecule has 0 unspecified atom stereocenters. The second kappa shape index (κ2) is 34.2. The number of nitro groups is 1. The number of hydrogen-bond donors (Lipinski definition) is 0. The Labute approximate surface area is 491 Å². The van der Waals surface area contributed by atoms with Gasteiger partial charge in [-0.15, -0.1) is 0 Å². The number of esters is 4. The van der Waals surface area contributed by atoms with Crippen LogP contribution in [0.15, 0.2) is 110 Å². The number of nitrogens with zero attached hydrogens (tertiary/aromatic N) is 3. The molecule has 0 saturated heterocycles. The molecule has 17 nitrogen and oxygen atoms in total. The number of ether oxygens (including phenoxy) is 8. The monoisotopic (exact) mass is 1160 g/mol. The van der Waals surface area contributed by atoms with E-state index in [0.29, 0.717) is 117 Å². The second-order valence-corrected chi connectivity index (χ2v) is 22.4. The summed E-state index contributed by atoms with van der Waals surface area (Å²) in [5.41, 5.74) is 1.49. The first kappa shape index (κ1) is 63.1. The van der Waals surface area contributed by atoms with Crippen molar-refractivity contribution in [3.63, 3.8) is 0 Å². The molecule has 446 valence electrons. The molecule has 0 atom stereocenters. The zero-order chi connectivity index (χ0) is 58.6. The molecule has 5 aromatic rings. The fourth-order valence-corrected chi connectivity index (χ4v) is 11.2. The van der Waals surface area contributed by atoms with Crippen LogP contribution < -0.4 is 33.3 Å². The average Bonchev–Trinajstić information content (AvgIpc) is 4.16. The van der Waals surface area contributed by atoms with Gasteiger partial charge >= 0.3 is 23.9 Å². The van der Waals surface area contributed by atoms with Crippen LogP contribution in [0.25, 0.3) is 10.2 Å². The van der Waals surface area contributed by atoms with Crippen molar-refractivity contribution in [3.8, 4) is 34.5 Å². The molecule has 2 fully saturated rings. The fraction of sp³-hybridized carbons (Fsp3) is 0.492. The third kappa shape index (κ3) is 21.0. The highest BCUT2D eigenvalue weighted by Crippen LogP contribution is 2.42. The predicted octanol–water partition coefficient (Wildman–Crippen LogP) is 14.8. The van der Waals surface area contributed by atoms with Gasteiger partial charge in [-0.05, 0) is 188 Å². The molecule has 2 aliphatic carbocycles. The van der Waals surface area contributed by atoms with Crippen LogP contribution in [-0.2, 0) is 28.7 Å². The molecule has 0 N–H and O–H groups in total. The van der Waals surface area contributed by atoms with Gasteiger partial charge in [-0.25, -0.2) is 14.6 Å². The van der Waals surface area contributed by atoms with Gasteiger partial charge in [0.1, 0.15) is 34.5 Å². The van der Waals surface area contributed by atoms with Crippen molar-refractivity contribution >= 4 is 61.9 Å². The lowest BCUT2D eigenvalue weighted by Gasteiger charge is -2.29. The molecule has 0 spiro atoms. The second-order valence-electron chi connectivity index (χ2n) is 21.4. The van der Waals surface area contributed by atoms with Crippen LogP contribution in [0.2, 0.25) is 0 Å². The molecule has 18 heteroatoms. The number of carbonyl (C=O) groups is 4. The predicted molar refractivity (Wildman–Crippen MR) is 320 cm³/mol. The number of non-ortho nitro benzene ring substituents is 1.